The summed E-state index contributed by atoms with van der Waals surface area (Å²) in [6, 6.07) is 0. The van der Waals surface area contributed by atoms with Gasteiger partial charge in [0.2, 0.25) is 0 Å². The number of aryl methyl sites for hydroxylation is 1. The number of hydrogen-bond donors (Lipinski definition) is 0. The molecule has 1 aromatic heterocycles. The van der Waals surface area contributed by atoms with Crippen molar-refractivity contribution >= 4 is 21.8 Å². The molecule has 0 aromatic carbocycles. The maximum absolute atomic E-state index is 12.3. The third-order valence-electron chi connectivity index (χ3n) is 1.23. The summed E-state index contributed by atoms with van der Waals surface area (Å²) in [6.45, 7) is 1.69. The molecule has 0 spiro atoms. The van der Waals surface area contributed by atoms with Gasteiger partial charge < -0.3 is 4.52 Å². The minimum Gasteiger partial charge on any atom is -0.340 e. The van der Waals surface area contributed by atoms with Gasteiger partial charge in [-0.15, -0.1) is 0 Å². The molecule has 0 N–H and O–H groups in total. The average Bonchev–Trinajstić information content (AvgIpc) is 2.29. The van der Waals surface area contributed by atoms with Gasteiger partial charge in [0.25, 0.3) is 0 Å². The number of halogens is 2. The highest BCUT2D eigenvalue weighted by molar-refractivity contribution is 7.86. The van der Waals surface area contributed by atoms with Gasteiger partial charge in [-0.1, -0.05) is 27.6 Å². The lowest BCUT2D eigenvalue weighted by Crippen LogP contribution is -1.89. The first-order chi connectivity index (χ1) is 5.46. The molecule has 4 nitrogen and oxygen atoms in total. The van der Waals surface area contributed by atoms with Crippen molar-refractivity contribution in [3.63, 3.8) is 0 Å². The van der Waals surface area contributed by atoms with Crippen LogP contribution >= 0.6 is 11.6 Å². The first-order valence-corrected chi connectivity index (χ1v) is 4.81. The standard InChI is InChI=1S/C5H5ClFNO3S/c1-2-3-4(6)5(11-8-3)12(7,9)10/h2H2,1H3. The summed E-state index contributed by atoms with van der Waals surface area (Å²) in [4.78, 5) is 0. The van der Waals surface area contributed by atoms with E-state index in [2.05, 4.69) is 9.68 Å². The van der Waals surface area contributed by atoms with Gasteiger partial charge in [0.15, 0.2) is 0 Å². The Hall–Kier alpha value is -0.620. The van der Waals surface area contributed by atoms with Crippen LogP contribution in [-0.2, 0) is 16.6 Å². The van der Waals surface area contributed by atoms with Crippen LogP contribution in [0.15, 0.2) is 9.62 Å². The summed E-state index contributed by atoms with van der Waals surface area (Å²) in [7, 11) is -4.88. The number of aromatic nitrogens is 1. The molecule has 0 radical (unpaired) electrons. The van der Waals surface area contributed by atoms with E-state index in [4.69, 9.17) is 11.6 Å². The first kappa shape index (κ1) is 9.47. The van der Waals surface area contributed by atoms with Gasteiger partial charge in [0, 0.05) is 0 Å². The van der Waals surface area contributed by atoms with Crippen LogP contribution < -0.4 is 0 Å². The maximum Gasteiger partial charge on any atom is 0.370 e. The molecule has 0 amide bonds. The highest BCUT2D eigenvalue weighted by atomic mass is 35.5. The lowest BCUT2D eigenvalue weighted by Gasteiger charge is -1.86. The summed E-state index contributed by atoms with van der Waals surface area (Å²) >= 11 is 5.43. The van der Waals surface area contributed by atoms with E-state index in [1.807, 2.05) is 0 Å². The molecule has 0 saturated heterocycles. The molecular weight excluding hydrogens is 209 g/mol. The predicted octanol–water partition coefficient (Wildman–Crippen LogP) is 1.55. The van der Waals surface area contributed by atoms with Gasteiger partial charge in [-0.3, -0.25) is 0 Å². The van der Waals surface area contributed by atoms with Crippen LogP contribution in [0.3, 0.4) is 0 Å². The zero-order chi connectivity index (χ0) is 9.35. The van der Waals surface area contributed by atoms with Gasteiger partial charge in [0.1, 0.15) is 10.7 Å². The molecule has 0 atom stereocenters. The minimum absolute atomic E-state index is 0.230. The van der Waals surface area contributed by atoms with Crippen LogP contribution in [0, 0.1) is 0 Å². The van der Waals surface area contributed by atoms with Gasteiger partial charge in [-0.2, -0.15) is 8.42 Å². The van der Waals surface area contributed by atoms with E-state index >= 15 is 0 Å². The fraction of sp³-hybridized carbons (Fsp3) is 0.400. The van der Waals surface area contributed by atoms with E-state index in [1.54, 1.807) is 6.92 Å². The van der Waals surface area contributed by atoms with Gasteiger partial charge in [-0.25, -0.2) is 0 Å². The zero-order valence-corrected chi connectivity index (χ0v) is 7.62. The van der Waals surface area contributed by atoms with Crippen LogP contribution in [0.5, 0.6) is 0 Å². The Morgan fingerprint density at radius 3 is 2.50 bits per heavy atom. The Balaban J connectivity index is 3.30. The summed E-state index contributed by atoms with van der Waals surface area (Å²) in [5, 5.41) is 2.08. The molecule has 0 saturated carbocycles. The van der Waals surface area contributed by atoms with Crippen LogP contribution in [0.1, 0.15) is 12.6 Å². The molecule has 0 aliphatic rings. The Labute approximate surface area is 73.5 Å². The third kappa shape index (κ3) is 1.59. The molecule has 0 aliphatic carbocycles. The molecule has 68 valence electrons. The second kappa shape index (κ2) is 3.02. The van der Waals surface area contributed by atoms with E-state index in [9.17, 15) is 12.3 Å². The van der Waals surface area contributed by atoms with Crippen molar-refractivity contribution in [2.24, 2.45) is 0 Å². The second-order valence-corrected chi connectivity index (χ2v) is 3.65. The van der Waals surface area contributed by atoms with Crippen molar-refractivity contribution in [1.82, 2.24) is 5.16 Å². The Kier molecular flexibility index (Phi) is 2.39. The second-order valence-electron chi connectivity index (χ2n) is 2.02. The topological polar surface area (TPSA) is 60.2 Å². The fourth-order valence-corrected chi connectivity index (χ4v) is 1.60. The molecule has 7 heteroatoms. The molecule has 0 aliphatic heterocycles. The molecule has 12 heavy (non-hydrogen) atoms. The summed E-state index contributed by atoms with van der Waals surface area (Å²) in [5.41, 5.74) is 0.230. The van der Waals surface area contributed by atoms with Crippen molar-refractivity contribution in [3.05, 3.63) is 10.7 Å². The first-order valence-electron chi connectivity index (χ1n) is 3.05. The average molecular weight is 214 g/mol. The molecule has 1 rings (SSSR count). The molecular formula is C5H5ClFNO3S. The van der Waals surface area contributed by atoms with E-state index in [0.717, 1.165) is 0 Å². The SMILES string of the molecule is CCc1noc(S(=O)(=O)F)c1Cl. The minimum atomic E-state index is -4.88. The fourth-order valence-electron chi connectivity index (χ4n) is 0.666. The molecule has 1 heterocycles. The third-order valence-corrected chi connectivity index (χ3v) is 2.45. The number of hydrogen-bond acceptors (Lipinski definition) is 4. The van der Waals surface area contributed by atoms with Gasteiger partial charge in [0.05, 0.1) is 0 Å². The maximum atomic E-state index is 12.3. The van der Waals surface area contributed by atoms with Crippen molar-refractivity contribution in [1.29, 1.82) is 0 Å². The quantitative estimate of drug-likeness (QED) is 0.700. The van der Waals surface area contributed by atoms with E-state index in [1.165, 1.54) is 0 Å². The number of nitrogens with zero attached hydrogens (tertiary/aromatic N) is 1. The largest absolute Gasteiger partial charge is 0.370 e. The summed E-state index contributed by atoms with van der Waals surface area (Å²) < 4.78 is 37.1. The van der Waals surface area contributed by atoms with Crippen LogP contribution in [-0.4, -0.2) is 13.6 Å². The van der Waals surface area contributed by atoms with Crippen LogP contribution in [0.4, 0.5) is 3.89 Å². The summed E-state index contributed by atoms with van der Waals surface area (Å²) in [5.74, 6) is 0. The Morgan fingerprint density at radius 1 is 1.67 bits per heavy atom. The monoisotopic (exact) mass is 213 g/mol. The summed E-state index contributed by atoms with van der Waals surface area (Å²) in [6.07, 6.45) is 0.387. The normalized spacial score (nSPS) is 11.9. The lowest BCUT2D eigenvalue weighted by atomic mass is 10.3. The van der Waals surface area contributed by atoms with Gasteiger partial charge >= 0.3 is 15.3 Å². The molecule has 1 aromatic rings. The van der Waals surface area contributed by atoms with Crippen molar-refractivity contribution < 1.29 is 16.8 Å². The highest BCUT2D eigenvalue weighted by Gasteiger charge is 2.25. The Morgan fingerprint density at radius 2 is 2.25 bits per heavy atom. The zero-order valence-electron chi connectivity index (χ0n) is 6.04. The molecule has 0 fully saturated rings. The number of rotatable bonds is 2. The van der Waals surface area contributed by atoms with E-state index in [-0.39, 0.29) is 10.7 Å². The van der Waals surface area contributed by atoms with Crippen LogP contribution in [0.2, 0.25) is 5.02 Å². The molecule has 0 unspecified atom stereocenters. The smallest absolute Gasteiger partial charge is 0.340 e. The highest BCUT2D eigenvalue weighted by Crippen LogP contribution is 2.26. The predicted molar refractivity (Wildman–Crippen MR) is 39.2 cm³/mol. The van der Waals surface area contributed by atoms with E-state index < -0.39 is 15.3 Å². The van der Waals surface area contributed by atoms with E-state index in [0.29, 0.717) is 6.42 Å². The van der Waals surface area contributed by atoms with Gasteiger partial charge in [-0.05, 0) is 6.42 Å². The Bertz CT molecular complexity index is 385. The van der Waals surface area contributed by atoms with Crippen molar-refractivity contribution in [3.8, 4) is 0 Å². The molecule has 0 bridgehead atoms. The van der Waals surface area contributed by atoms with Crippen LogP contribution in [0.25, 0.3) is 0 Å². The van der Waals surface area contributed by atoms with Crippen molar-refractivity contribution in [2.75, 3.05) is 0 Å². The lowest BCUT2D eigenvalue weighted by molar-refractivity contribution is 0.329. The van der Waals surface area contributed by atoms with Crippen molar-refractivity contribution in [2.45, 2.75) is 18.4 Å².